The molecule has 0 aliphatic heterocycles. The number of aromatic nitrogens is 2. The van der Waals surface area contributed by atoms with Crippen molar-refractivity contribution in [3.05, 3.63) is 12.3 Å². The molecule has 4 heteroatoms. The standard InChI is InChI=1S/C13H20N4/c1-17(2)12-14-8-5-11(16-12)15-9-13(6-7-13)10-3-4-10/h5,8,10H,3-4,6-7,9H2,1-2H3,(H,14,15,16). The van der Waals surface area contributed by atoms with E-state index in [-0.39, 0.29) is 0 Å². The maximum absolute atomic E-state index is 4.49. The molecule has 0 saturated heterocycles. The minimum absolute atomic E-state index is 0.614. The molecule has 0 spiro atoms. The maximum atomic E-state index is 4.49. The van der Waals surface area contributed by atoms with Gasteiger partial charge < -0.3 is 10.2 Å². The highest BCUT2D eigenvalue weighted by atomic mass is 15.2. The minimum atomic E-state index is 0.614. The molecular formula is C13H20N4. The van der Waals surface area contributed by atoms with E-state index < -0.39 is 0 Å². The molecule has 0 unspecified atom stereocenters. The molecule has 17 heavy (non-hydrogen) atoms. The van der Waals surface area contributed by atoms with Gasteiger partial charge in [-0.3, -0.25) is 0 Å². The lowest BCUT2D eigenvalue weighted by molar-refractivity contribution is 0.466. The van der Waals surface area contributed by atoms with Gasteiger partial charge >= 0.3 is 0 Å². The molecule has 3 rings (SSSR count). The summed E-state index contributed by atoms with van der Waals surface area (Å²) in [6.07, 6.45) is 7.50. The summed E-state index contributed by atoms with van der Waals surface area (Å²) in [5.74, 6) is 2.71. The van der Waals surface area contributed by atoms with Crippen molar-refractivity contribution >= 4 is 11.8 Å². The first-order chi connectivity index (χ1) is 8.20. The molecule has 0 radical (unpaired) electrons. The molecule has 2 saturated carbocycles. The fourth-order valence-electron chi connectivity index (χ4n) is 2.51. The Hall–Kier alpha value is -1.32. The van der Waals surface area contributed by atoms with Crippen LogP contribution in [0.5, 0.6) is 0 Å². The fraction of sp³-hybridized carbons (Fsp3) is 0.692. The Labute approximate surface area is 102 Å². The summed E-state index contributed by atoms with van der Waals surface area (Å²) < 4.78 is 0. The van der Waals surface area contributed by atoms with Crippen LogP contribution in [0.1, 0.15) is 25.7 Å². The van der Waals surface area contributed by atoms with Gasteiger partial charge in [-0.05, 0) is 43.1 Å². The quantitative estimate of drug-likeness (QED) is 0.844. The molecule has 1 aromatic heterocycles. The van der Waals surface area contributed by atoms with Gasteiger partial charge in [-0.15, -0.1) is 0 Å². The van der Waals surface area contributed by atoms with Crippen LogP contribution in [0.25, 0.3) is 0 Å². The molecular weight excluding hydrogens is 212 g/mol. The van der Waals surface area contributed by atoms with E-state index in [9.17, 15) is 0 Å². The van der Waals surface area contributed by atoms with Crippen molar-refractivity contribution in [1.82, 2.24) is 9.97 Å². The molecule has 92 valence electrons. The predicted octanol–water partition coefficient (Wildman–Crippen LogP) is 2.14. The summed E-state index contributed by atoms with van der Waals surface area (Å²) in [6, 6.07) is 1.95. The first-order valence-electron chi connectivity index (χ1n) is 6.44. The lowest BCUT2D eigenvalue weighted by atomic mass is 10.0. The lowest BCUT2D eigenvalue weighted by Crippen LogP contribution is -2.19. The van der Waals surface area contributed by atoms with Gasteiger partial charge in [0.05, 0.1) is 0 Å². The van der Waals surface area contributed by atoms with E-state index >= 15 is 0 Å². The van der Waals surface area contributed by atoms with Crippen LogP contribution >= 0.6 is 0 Å². The average molecular weight is 232 g/mol. The second-order valence-electron chi connectivity index (χ2n) is 5.63. The lowest BCUT2D eigenvalue weighted by Gasteiger charge is -2.16. The summed E-state index contributed by atoms with van der Waals surface area (Å²) in [5, 5.41) is 3.49. The van der Waals surface area contributed by atoms with Crippen molar-refractivity contribution in [2.24, 2.45) is 11.3 Å². The Bertz CT molecular complexity index is 408. The normalized spacial score (nSPS) is 21.1. The number of rotatable bonds is 5. The molecule has 1 N–H and O–H groups in total. The van der Waals surface area contributed by atoms with E-state index in [0.29, 0.717) is 5.41 Å². The van der Waals surface area contributed by atoms with E-state index in [4.69, 9.17) is 0 Å². The topological polar surface area (TPSA) is 41.1 Å². The second kappa shape index (κ2) is 3.86. The van der Waals surface area contributed by atoms with E-state index in [1.807, 2.05) is 31.3 Å². The summed E-state index contributed by atoms with van der Waals surface area (Å²) in [4.78, 5) is 10.6. The third kappa shape index (κ3) is 2.21. The number of hydrogen-bond acceptors (Lipinski definition) is 4. The first kappa shape index (κ1) is 10.8. The van der Waals surface area contributed by atoms with Gasteiger partial charge in [-0.2, -0.15) is 4.98 Å². The van der Waals surface area contributed by atoms with Crippen LogP contribution in [-0.4, -0.2) is 30.6 Å². The summed E-state index contributed by atoms with van der Waals surface area (Å²) in [6.45, 7) is 1.08. The van der Waals surface area contributed by atoms with Crippen molar-refractivity contribution in [2.45, 2.75) is 25.7 Å². The molecule has 1 heterocycles. The Morgan fingerprint density at radius 3 is 2.76 bits per heavy atom. The Kier molecular flexibility index (Phi) is 2.45. The van der Waals surface area contributed by atoms with Gasteiger partial charge in [0.2, 0.25) is 5.95 Å². The third-order valence-corrected chi connectivity index (χ3v) is 4.00. The van der Waals surface area contributed by atoms with Crippen LogP contribution in [0.4, 0.5) is 11.8 Å². The summed E-state index contributed by atoms with van der Waals surface area (Å²) >= 11 is 0. The van der Waals surface area contributed by atoms with Crippen LogP contribution in [-0.2, 0) is 0 Å². The second-order valence-corrected chi connectivity index (χ2v) is 5.63. The molecule has 2 aliphatic carbocycles. The Morgan fingerprint density at radius 1 is 1.41 bits per heavy atom. The number of hydrogen-bond donors (Lipinski definition) is 1. The summed E-state index contributed by atoms with van der Waals surface area (Å²) in [5.41, 5.74) is 0.614. The summed E-state index contributed by atoms with van der Waals surface area (Å²) in [7, 11) is 3.93. The molecule has 2 aliphatic rings. The average Bonchev–Trinajstić information content (AvgIpc) is 3.17. The zero-order chi connectivity index (χ0) is 11.9. The van der Waals surface area contributed by atoms with Crippen molar-refractivity contribution in [2.75, 3.05) is 30.9 Å². The molecule has 2 fully saturated rings. The van der Waals surface area contributed by atoms with Crippen molar-refractivity contribution < 1.29 is 0 Å². The van der Waals surface area contributed by atoms with Gasteiger partial charge in [-0.25, -0.2) is 4.98 Å². The van der Waals surface area contributed by atoms with E-state index in [2.05, 4.69) is 15.3 Å². The first-order valence-corrected chi connectivity index (χ1v) is 6.44. The molecule has 0 aromatic carbocycles. The molecule has 0 atom stereocenters. The molecule has 1 aromatic rings. The number of nitrogens with one attached hydrogen (secondary N) is 1. The highest BCUT2D eigenvalue weighted by molar-refractivity contribution is 5.40. The molecule has 4 nitrogen and oxygen atoms in total. The molecule has 0 bridgehead atoms. The van der Waals surface area contributed by atoms with Gasteiger partial charge in [0.15, 0.2) is 0 Å². The largest absolute Gasteiger partial charge is 0.369 e. The van der Waals surface area contributed by atoms with E-state index in [1.165, 1.54) is 25.7 Å². The van der Waals surface area contributed by atoms with E-state index in [0.717, 1.165) is 24.2 Å². The smallest absolute Gasteiger partial charge is 0.226 e. The van der Waals surface area contributed by atoms with Crippen LogP contribution in [0.15, 0.2) is 12.3 Å². The van der Waals surface area contributed by atoms with Crippen LogP contribution < -0.4 is 10.2 Å². The monoisotopic (exact) mass is 232 g/mol. The SMILES string of the molecule is CN(C)c1nccc(NCC2(C3CC3)CC2)n1. The van der Waals surface area contributed by atoms with Crippen LogP contribution in [0.3, 0.4) is 0 Å². The zero-order valence-electron chi connectivity index (χ0n) is 10.6. The third-order valence-electron chi connectivity index (χ3n) is 4.00. The van der Waals surface area contributed by atoms with Gasteiger partial charge in [0.25, 0.3) is 0 Å². The highest BCUT2D eigenvalue weighted by Crippen LogP contribution is 2.61. The van der Waals surface area contributed by atoms with Gasteiger partial charge in [0, 0.05) is 26.8 Å². The minimum Gasteiger partial charge on any atom is -0.369 e. The van der Waals surface area contributed by atoms with Crippen molar-refractivity contribution in [3.63, 3.8) is 0 Å². The van der Waals surface area contributed by atoms with Crippen LogP contribution in [0, 0.1) is 11.3 Å². The van der Waals surface area contributed by atoms with Crippen molar-refractivity contribution in [1.29, 1.82) is 0 Å². The maximum Gasteiger partial charge on any atom is 0.226 e. The molecule has 0 amide bonds. The fourth-order valence-corrected chi connectivity index (χ4v) is 2.51. The van der Waals surface area contributed by atoms with E-state index in [1.54, 1.807) is 0 Å². The highest BCUT2D eigenvalue weighted by Gasteiger charge is 2.53. The van der Waals surface area contributed by atoms with Crippen molar-refractivity contribution in [3.8, 4) is 0 Å². The zero-order valence-corrected chi connectivity index (χ0v) is 10.6. The van der Waals surface area contributed by atoms with Crippen LogP contribution in [0.2, 0.25) is 0 Å². The predicted molar refractivity (Wildman–Crippen MR) is 69.2 cm³/mol. The van der Waals surface area contributed by atoms with Gasteiger partial charge in [-0.1, -0.05) is 0 Å². The number of nitrogens with zero attached hydrogens (tertiary/aromatic N) is 3. The Morgan fingerprint density at radius 2 is 2.18 bits per heavy atom. The number of anilines is 2. The van der Waals surface area contributed by atoms with Gasteiger partial charge in [0.1, 0.15) is 5.82 Å². The Balaban J connectivity index is 1.63.